The molecule has 0 bridgehead atoms. The van der Waals surface area contributed by atoms with Crippen LogP contribution < -0.4 is 4.18 Å². The summed E-state index contributed by atoms with van der Waals surface area (Å²) >= 11 is 2.08. The van der Waals surface area contributed by atoms with Crippen molar-refractivity contribution in [2.45, 2.75) is 11.8 Å². The standard InChI is InChI=1S/C13H10INO5S/c1-9-2-7-12(8-13(9)15(16)17)21(18,19)20-11-5-3-10(14)4-6-11/h2-8H,1H3. The van der Waals surface area contributed by atoms with Gasteiger partial charge in [0, 0.05) is 15.2 Å². The highest BCUT2D eigenvalue weighted by molar-refractivity contribution is 14.1. The largest absolute Gasteiger partial charge is 0.379 e. The third-order valence-corrected chi connectivity index (χ3v) is 4.65. The Morgan fingerprint density at radius 2 is 1.76 bits per heavy atom. The van der Waals surface area contributed by atoms with Crippen molar-refractivity contribution in [1.29, 1.82) is 0 Å². The number of halogens is 1. The van der Waals surface area contributed by atoms with Gasteiger partial charge in [-0.3, -0.25) is 10.1 Å². The van der Waals surface area contributed by atoms with Crippen molar-refractivity contribution in [1.82, 2.24) is 0 Å². The first-order chi connectivity index (χ1) is 9.79. The highest BCUT2D eigenvalue weighted by Crippen LogP contribution is 2.25. The Kier molecular flexibility index (Phi) is 4.47. The average molecular weight is 419 g/mol. The van der Waals surface area contributed by atoms with Crippen LogP contribution in [0.3, 0.4) is 0 Å². The van der Waals surface area contributed by atoms with E-state index in [1.54, 1.807) is 12.1 Å². The van der Waals surface area contributed by atoms with Gasteiger partial charge in [0.2, 0.25) is 0 Å². The summed E-state index contributed by atoms with van der Waals surface area (Å²) in [7, 11) is -4.11. The molecule has 0 unspecified atom stereocenters. The summed E-state index contributed by atoms with van der Waals surface area (Å²) in [6, 6.07) is 10.1. The van der Waals surface area contributed by atoms with Gasteiger partial charge in [0.15, 0.2) is 0 Å². The fraction of sp³-hybridized carbons (Fsp3) is 0.0769. The summed E-state index contributed by atoms with van der Waals surface area (Å²) in [6.07, 6.45) is 0. The van der Waals surface area contributed by atoms with Gasteiger partial charge in [-0.25, -0.2) is 0 Å². The van der Waals surface area contributed by atoms with Crippen molar-refractivity contribution in [3.63, 3.8) is 0 Å². The second kappa shape index (κ2) is 5.98. The van der Waals surface area contributed by atoms with Crippen LogP contribution in [0, 0.1) is 20.6 Å². The number of nitro benzene ring substituents is 1. The number of rotatable bonds is 4. The first-order valence-electron chi connectivity index (χ1n) is 5.75. The number of aryl methyl sites for hydroxylation is 1. The van der Waals surface area contributed by atoms with Crippen LogP contribution in [0.5, 0.6) is 5.75 Å². The first kappa shape index (κ1) is 15.7. The summed E-state index contributed by atoms with van der Waals surface area (Å²) in [5.74, 6) is 0.152. The number of hydrogen-bond acceptors (Lipinski definition) is 5. The molecule has 6 nitrogen and oxygen atoms in total. The predicted octanol–water partition coefficient (Wildman–Crippen LogP) is 3.28. The number of nitro groups is 1. The van der Waals surface area contributed by atoms with Crippen molar-refractivity contribution in [2.24, 2.45) is 0 Å². The molecule has 0 saturated carbocycles. The number of nitrogens with zero attached hydrogens (tertiary/aromatic N) is 1. The molecule has 0 atom stereocenters. The van der Waals surface area contributed by atoms with E-state index in [1.165, 1.54) is 31.2 Å². The van der Waals surface area contributed by atoms with E-state index in [4.69, 9.17) is 4.18 Å². The molecule has 0 aliphatic heterocycles. The Bertz CT molecular complexity index is 787. The van der Waals surface area contributed by atoms with Crippen LogP contribution in [0.15, 0.2) is 47.4 Å². The fourth-order valence-electron chi connectivity index (χ4n) is 1.61. The van der Waals surface area contributed by atoms with E-state index in [0.29, 0.717) is 5.56 Å². The SMILES string of the molecule is Cc1ccc(S(=O)(=O)Oc2ccc(I)cc2)cc1[N+](=O)[O-]. The van der Waals surface area contributed by atoms with E-state index in [1.807, 2.05) is 0 Å². The van der Waals surface area contributed by atoms with Gasteiger partial charge in [-0.2, -0.15) is 8.42 Å². The third-order valence-electron chi connectivity index (χ3n) is 2.69. The first-order valence-corrected chi connectivity index (χ1v) is 8.23. The van der Waals surface area contributed by atoms with Gasteiger partial charge >= 0.3 is 10.1 Å². The molecule has 0 aliphatic rings. The molecule has 8 heteroatoms. The van der Waals surface area contributed by atoms with Gasteiger partial charge < -0.3 is 4.18 Å². The van der Waals surface area contributed by atoms with Crippen LogP contribution in [0.4, 0.5) is 5.69 Å². The topological polar surface area (TPSA) is 86.5 Å². The van der Waals surface area contributed by atoms with Gasteiger partial charge in [0.05, 0.1) is 4.92 Å². The molecular formula is C13H10INO5S. The third kappa shape index (κ3) is 3.70. The summed E-state index contributed by atoms with van der Waals surface area (Å²) in [5, 5.41) is 10.9. The highest BCUT2D eigenvalue weighted by atomic mass is 127. The molecular weight excluding hydrogens is 409 g/mol. The molecule has 0 N–H and O–H groups in total. The molecule has 0 amide bonds. The molecule has 110 valence electrons. The lowest BCUT2D eigenvalue weighted by Gasteiger charge is -2.07. The Balaban J connectivity index is 2.38. The summed E-state index contributed by atoms with van der Waals surface area (Å²) < 4.78 is 30.1. The van der Waals surface area contributed by atoms with Crippen molar-refractivity contribution in [3.8, 4) is 5.75 Å². The predicted molar refractivity (Wildman–Crippen MR) is 84.8 cm³/mol. The van der Waals surface area contributed by atoms with E-state index in [0.717, 1.165) is 9.64 Å². The van der Waals surface area contributed by atoms with E-state index in [2.05, 4.69) is 22.6 Å². The lowest BCUT2D eigenvalue weighted by molar-refractivity contribution is -0.385. The van der Waals surface area contributed by atoms with Gasteiger partial charge in [0.25, 0.3) is 5.69 Å². The zero-order valence-corrected chi connectivity index (χ0v) is 13.8. The molecule has 0 aliphatic carbocycles. The molecule has 0 spiro atoms. The van der Waals surface area contributed by atoms with E-state index < -0.39 is 15.0 Å². The maximum Gasteiger partial charge on any atom is 0.339 e. The minimum Gasteiger partial charge on any atom is -0.379 e. The maximum absolute atomic E-state index is 12.1. The molecule has 2 aromatic rings. The van der Waals surface area contributed by atoms with Gasteiger partial charge in [0.1, 0.15) is 10.6 Å². The monoisotopic (exact) mass is 419 g/mol. The van der Waals surface area contributed by atoms with Gasteiger partial charge in [-0.1, -0.05) is 6.07 Å². The highest BCUT2D eigenvalue weighted by Gasteiger charge is 2.21. The second-order valence-electron chi connectivity index (χ2n) is 4.20. The van der Waals surface area contributed by atoms with Crippen LogP contribution in [0.25, 0.3) is 0 Å². The molecule has 0 fully saturated rings. The Hall–Kier alpha value is -1.68. The quantitative estimate of drug-likeness (QED) is 0.329. The van der Waals surface area contributed by atoms with Crippen LogP contribution in [0.2, 0.25) is 0 Å². The summed E-state index contributed by atoms with van der Waals surface area (Å²) in [6.45, 7) is 1.54. The zero-order chi connectivity index (χ0) is 15.6. The molecule has 2 aromatic carbocycles. The normalized spacial score (nSPS) is 11.1. The minimum atomic E-state index is -4.11. The Labute approximate surface area is 135 Å². The van der Waals surface area contributed by atoms with Gasteiger partial charge in [-0.05, 0) is 59.8 Å². The lowest BCUT2D eigenvalue weighted by atomic mass is 10.2. The van der Waals surface area contributed by atoms with Crippen molar-refractivity contribution in [2.75, 3.05) is 0 Å². The van der Waals surface area contributed by atoms with E-state index in [9.17, 15) is 18.5 Å². The lowest BCUT2D eigenvalue weighted by Crippen LogP contribution is -2.10. The molecule has 0 aromatic heterocycles. The Morgan fingerprint density at radius 1 is 1.14 bits per heavy atom. The molecule has 0 heterocycles. The van der Waals surface area contributed by atoms with Crippen molar-refractivity contribution >= 4 is 38.4 Å². The van der Waals surface area contributed by atoms with Crippen LogP contribution >= 0.6 is 22.6 Å². The second-order valence-corrected chi connectivity index (χ2v) is 6.99. The maximum atomic E-state index is 12.1. The zero-order valence-electron chi connectivity index (χ0n) is 10.8. The van der Waals surface area contributed by atoms with Crippen molar-refractivity contribution < 1.29 is 17.5 Å². The fourth-order valence-corrected chi connectivity index (χ4v) is 2.92. The van der Waals surface area contributed by atoms with Gasteiger partial charge in [-0.15, -0.1) is 0 Å². The van der Waals surface area contributed by atoms with Crippen LogP contribution in [-0.4, -0.2) is 13.3 Å². The smallest absolute Gasteiger partial charge is 0.339 e. The Morgan fingerprint density at radius 3 is 2.33 bits per heavy atom. The number of hydrogen-bond donors (Lipinski definition) is 0. The minimum absolute atomic E-state index is 0.152. The molecule has 2 rings (SSSR count). The average Bonchev–Trinajstić information content (AvgIpc) is 2.41. The van der Waals surface area contributed by atoms with E-state index >= 15 is 0 Å². The van der Waals surface area contributed by atoms with Crippen LogP contribution in [-0.2, 0) is 10.1 Å². The summed E-state index contributed by atoms with van der Waals surface area (Å²) in [5.41, 5.74) is 0.121. The summed E-state index contributed by atoms with van der Waals surface area (Å²) in [4.78, 5) is 9.99. The number of benzene rings is 2. The van der Waals surface area contributed by atoms with Crippen LogP contribution in [0.1, 0.15) is 5.56 Å². The van der Waals surface area contributed by atoms with Crippen molar-refractivity contribution in [3.05, 3.63) is 61.7 Å². The molecule has 21 heavy (non-hydrogen) atoms. The molecule has 0 radical (unpaired) electrons. The molecule has 0 saturated heterocycles. The van der Waals surface area contributed by atoms with E-state index in [-0.39, 0.29) is 16.3 Å².